The molecule has 0 radical (unpaired) electrons. The Kier molecular flexibility index (Phi) is 3.96. The summed E-state index contributed by atoms with van der Waals surface area (Å²) in [5.74, 6) is 1.10. The lowest BCUT2D eigenvalue weighted by atomic mass is 9.88. The number of rotatable bonds is 4. The molecule has 0 saturated heterocycles. The van der Waals surface area contributed by atoms with Gasteiger partial charge in [0.25, 0.3) is 0 Å². The molecule has 1 aromatic rings. The fourth-order valence-electron chi connectivity index (χ4n) is 3.41. The summed E-state index contributed by atoms with van der Waals surface area (Å²) < 4.78 is 0.425. The first-order valence-electron chi connectivity index (χ1n) is 7.45. The monoisotopic (exact) mass is 277 g/mol. The first-order chi connectivity index (χ1) is 9.33. The van der Waals surface area contributed by atoms with Crippen molar-refractivity contribution >= 4 is 17.6 Å². The van der Waals surface area contributed by atoms with E-state index in [-0.39, 0.29) is 0 Å². The van der Waals surface area contributed by atoms with Crippen LogP contribution >= 0.6 is 11.8 Å². The van der Waals surface area contributed by atoms with Crippen molar-refractivity contribution in [2.24, 2.45) is 0 Å². The second-order valence-corrected chi connectivity index (χ2v) is 7.08. The van der Waals surface area contributed by atoms with Gasteiger partial charge in [-0.05, 0) is 38.4 Å². The Hall–Kier alpha value is -0.770. The van der Waals surface area contributed by atoms with E-state index in [1.807, 2.05) is 11.8 Å². The molecule has 1 heterocycles. The summed E-state index contributed by atoms with van der Waals surface area (Å²) in [5.41, 5.74) is 2.63. The van der Waals surface area contributed by atoms with Crippen LogP contribution in [0.15, 0.2) is 6.33 Å². The Morgan fingerprint density at radius 2 is 2.00 bits per heavy atom. The van der Waals surface area contributed by atoms with Gasteiger partial charge < -0.3 is 5.32 Å². The molecule has 3 rings (SSSR count). The van der Waals surface area contributed by atoms with Crippen LogP contribution in [-0.4, -0.2) is 27.5 Å². The summed E-state index contributed by atoms with van der Waals surface area (Å²) >= 11 is 2.04. The van der Waals surface area contributed by atoms with Gasteiger partial charge in [0.1, 0.15) is 12.1 Å². The number of hydrogen-bond donors (Lipinski definition) is 1. The molecule has 2 aliphatic carbocycles. The predicted octanol–water partition coefficient (Wildman–Crippen LogP) is 3.44. The van der Waals surface area contributed by atoms with Gasteiger partial charge in [-0.2, -0.15) is 11.8 Å². The van der Waals surface area contributed by atoms with E-state index in [1.165, 1.54) is 49.8 Å². The van der Waals surface area contributed by atoms with E-state index >= 15 is 0 Å². The van der Waals surface area contributed by atoms with E-state index in [4.69, 9.17) is 0 Å². The summed E-state index contributed by atoms with van der Waals surface area (Å²) in [6.45, 7) is 1.05. The Morgan fingerprint density at radius 1 is 1.16 bits per heavy atom. The summed E-state index contributed by atoms with van der Waals surface area (Å²) in [7, 11) is 0. The molecular formula is C15H23N3S. The number of aryl methyl sites for hydroxylation is 1. The molecule has 19 heavy (non-hydrogen) atoms. The predicted molar refractivity (Wildman–Crippen MR) is 81.9 cm³/mol. The SMILES string of the molecule is CSC1(CNc2ncnc3c2CCC3)CCCCC1. The van der Waals surface area contributed by atoms with E-state index in [0.29, 0.717) is 4.75 Å². The maximum Gasteiger partial charge on any atom is 0.132 e. The summed E-state index contributed by atoms with van der Waals surface area (Å²) in [5, 5.41) is 3.63. The molecule has 0 unspecified atom stereocenters. The highest BCUT2D eigenvalue weighted by Crippen LogP contribution is 2.39. The minimum atomic E-state index is 0.425. The number of thioether (sulfide) groups is 1. The highest BCUT2D eigenvalue weighted by molar-refractivity contribution is 8.00. The fourth-order valence-corrected chi connectivity index (χ4v) is 4.32. The van der Waals surface area contributed by atoms with Crippen molar-refractivity contribution in [2.45, 2.75) is 56.1 Å². The molecule has 1 fully saturated rings. The topological polar surface area (TPSA) is 37.8 Å². The zero-order valence-corrected chi connectivity index (χ0v) is 12.6. The first kappa shape index (κ1) is 13.2. The molecule has 104 valence electrons. The Balaban J connectivity index is 1.70. The average molecular weight is 277 g/mol. The van der Waals surface area contributed by atoms with Gasteiger partial charge in [0, 0.05) is 22.5 Å². The van der Waals surface area contributed by atoms with E-state index < -0.39 is 0 Å². The Labute approximate surface area is 120 Å². The number of aromatic nitrogens is 2. The molecule has 1 N–H and O–H groups in total. The van der Waals surface area contributed by atoms with Crippen molar-refractivity contribution in [3.63, 3.8) is 0 Å². The summed E-state index contributed by atoms with van der Waals surface area (Å²) in [6.07, 6.45) is 14.3. The van der Waals surface area contributed by atoms with Crippen LogP contribution in [0.1, 0.15) is 49.8 Å². The minimum absolute atomic E-state index is 0.425. The molecule has 0 atom stereocenters. The second kappa shape index (κ2) is 5.70. The lowest BCUT2D eigenvalue weighted by Gasteiger charge is -2.36. The number of fused-ring (bicyclic) bond motifs is 1. The van der Waals surface area contributed by atoms with Gasteiger partial charge in [-0.3, -0.25) is 0 Å². The molecule has 0 aromatic carbocycles. The van der Waals surface area contributed by atoms with Crippen molar-refractivity contribution < 1.29 is 0 Å². The van der Waals surface area contributed by atoms with E-state index in [0.717, 1.165) is 25.2 Å². The molecular weight excluding hydrogens is 254 g/mol. The zero-order valence-electron chi connectivity index (χ0n) is 11.7. The number of nitrogens with one attached hydrogen (secondary N) is 1. The van der Waals surface area contributed by atoms with Crippen LogP contribution < -0.4 is 5.32 Å². The molecule has 1 saturated carbocycles. The zero-order chi connectivity index (χ0) is 13.1. The molecule has 0 spiro atoms. The molecule has 1 aromatic heterocycles. The van der Waals surface area contributed by atoms with Crippen molar-refractivity contribution in [1.29, 1.82) is 0 Å². The van der Waals surface area contributed by atoms with Crippen molar-refractivity contribution in [2.75, 3.05) is 18.1 Å². The third kappa shape index (κ3) is 2.73. The van der Waals surface area contributed by atoms with Gasteiger partial charge in [0.15, 0.2) is 0 Å². The fraction of sp³-hybridized carbons (Fsp3) is 0.733. The second-order valence-electron chi connectivity index (χ2n) is 5.80. The van der Waals surface area contributed by atoms with Gasteiger partial charge in [-0.25, -0.2) is 9.97 Å². The van der Waals surface area contributed by atoms with Gasteiger partial charge in [-0.1, -0.05) is 19.3 Å². The molecule has 0 aliphatic heterocycles. The largest absolute Gasteiger partial charge is 0.368 e. The van der Waals surface area contributed by atoms with Crippen molar-refractivity contribution in [3.8, 4) is 0 Å². The lowest BCUT2D eigenvalue weighted by Crippen LogP contribution is -2.36. The maximum atomic E-state index is 4.47. The Bertz CT molecular complexity index is 441. The maximum absolute atomic E-state index is 4.47. The van der Waals surface area contributed by atoms with Crippen molar-refractivity contribution in [3.05, 3.63) is 17.6 Å². The van der Waals surface area contributed by atoms with Gasteiger partial charge in [-0.15, -0.1) is 0 Å². The normalized spacial score (nSPS) is 21.1. The van der Waals surface area contributed by atoms with Crippen molar-refractivity contribution in [1.82, 2.24) is 9.97 Å². The van der Waals surface area contributed by atoms with Gasteiger partial charge in [0.05, 0.1) is 0 Å². The summed E-state index contributed by atoms with van der Waals surface area (Å²) in [6, 6.07) is 0. The first-order valence-corrected chi connectivity index (χ1v) is 8.67. The van der Waals surface area contributed by atoms with Crippen LogP contribution in [0.3, 0.4) is 0 Å². The molecule has 4 heteroatoms. The van der Waals surface area contributed by atoms with Gasteiger partial charge in [0.2, 0.25) is 0 Å². The lowest BCUT2D eigenvalue weighted by molar-refractivity contribution is 0.411. The molecule has 0 amide bonds. The van der Waals surface area contributed by atoms with Crippen LogP contribution in [0.25, 0.3) is 0 Å². The smallest absolute Gasteiger partial charge is 0.132 e. The Morgan fingerprint density at radius 3 is 2.79 bits per heavy atom. The highest BCUT2D eigenvalue weighted by atomic mass is 32.2. The van der Waals surface area contributed by atoms with Crippen LogP contribution in [0, 0.1) is 0 Å². The minimum Gasteiger partial charge on any atom is -0.368 e. The average Bonchev–Trinajstić information content (AvgIpc) is 2.95. The number of anilines is 1. The summed E-state index contributed by atoms with van der Waals surface area (Å²) in [4.78, 5) is 8.86. The van der Waals surface area contributed by atoms with Crippen LogP contribution in [0.4, 0.5) is 5.82 Å². The number of hydrogen-bond acceptors (Lipinski definition) is 4. The third-order valence-corrected chi connectivity index (χ3v) is 6.07. The van der Waals surface area contributed by atoms with E-state index in [2.05, 4.69) is 21.5 Å². The van der Waals surface area contributed by atoms with Crippen LogP contribution in [0.5, 0.6) is 0 Å². The molecule has 0 bridgehead atoms. The quantitative estimate of drug-likeness (QED) is 0.915. The van der Waals surface area contributed by atoms with E-state index in [9.17, 15) is 0 Å². The van der Waals surface area contributed by atoms with Crippen LogP contribution in [0.2, 0.25) is 0 Å². The standard InChI is InChI=1S/C15H23N3S/c1-19-15(8-3-2-4-9-15)10-16-14-12-6-5-7-13(12)17-11-18-14/h11H,2-10H2,1H3,(H,16,17,18). The van der Waals surface area contributed by atoms with Gasteiger partial charge >= 0.3 is 0 Å². The third-order valence-electron chi connectivity index (χ3n) is 4.65. The molecule has 3 nitrogen and oxygen atoms in total. The number of nitrogens with zero attached hydrogens (tertiary/aromatic N) is 2. The molecule has 2 aliphatic rings. The van der Waals surface area contributed by atoms with E-state index in [1.54, 1.807) is 6.33 Å². The highest BCUT2D eigenvalue weighted by Gasteiger charge is 2.31. The van der Waals surface area contributed by atoms with Crippen LogP contribution in [-0.2, 0) is 12.8 Å².